The second-order valence-corrected chi connectivity index (χ2v) is 10.7. The Hall–Kier alpha value is -2.94. The van der Waals surface area contributed by atoms with Gasteiger partial charge >= 0.3 is 0 Å². The van der Waals surface area contributed by atoms with Crippen LogP contribution in [0.1, 0.15) is 56.4 Å². The van der Waals surface area contributed by atoms with E-state index in [0.29, 0.717) is 30.5 Å². The summed E-state index contributed by atoms with van der Waals surface area (Å²) in [5.74, 6) is 0.981. The SMILES string of the molecule is C[C@@H]1COCCN1c1ccc(NC(=O)[C@@H](NC(=O)c2ccnn2C)C(C2CCC2)C2(C)CC2)cn1. The van der Waals surface area contributed by atoms with Crippen molar-refractivity contribution >= 4 is 23.3 Å². The van der Waals surface area contributed by atoms with E-state index in [4.69, 9.17) is 4.74 Å². The number of pyridine rings is 1. The minimum atomic E-state index is -0.617. The lowest BCUT2D eigenvalue weighted by atomic mass is 9.66. The van der Waals surface area contributed by atoms with Gasteiger partial charge in [-0.3, -0.25) is 14.3 Å². The fourth-order valence-electron chi connectivity index (χ4n) is 5.62. The van der Waals surface area contributed by atoms with Gasteiger partial charge in [0.05, 0.1) is 31.1 Å². The first-order chi connectivity index (χ1) is 16.9. The van der Waals surface area contributed by atoms with Gasteiger partial charge in [0.25, 0.3) is 5.91 Å². The highest BCUT2D eigenvalue weighted by molar-refractivity contribution is 6.00. The lowest BCUT2D eigenvalue weighted by Gasteiger charge is -2.42. The first-order valence-electron chi connectivity index (χ1n) is 12.8. The number of nitrogens with one attached hydrogen (secondary N) is 2. The number of ether oxygens (including phenoxy) is 1. The highest BCUT2D eigenvalue weighted by Gasteiger charge is 2.54. The van der Waals surface area contributed by atoms with E-state index < -0.39 is 6.04 Å². The number of carbonyl (C=O) groups is 2. The van der Waals surface area contributed by atoms with Gasteiger partial charge < -0.3 is 20.3 Å². The highest BCUT2D eigenvalue weighted by Crippen LogP contribution is 2.58. The normalized spacial score (nSPS) is 23.2. The van der Waals surface area contributed by atoms with E-state index in [0.717, 1.165) is 38.0 Å². The van der Waals surface area contributed by atoms with Gasteiger partial charge in [0.1, 0.15) is 17.6 Å². The van der Waals surface area contributed by atoms with Crippen LogP contribution in [0, 0.1) is 17.3 Å². The number of amides is 2. The van der Waals surface area contributed by atoms with Gasteiger partial charge in [0.15, 0.2) is 0 Å². The van der Waals surface area contributed by atoms with Crippen molar-refractivity contribution in [1.29, 1.82) is 0 Å². The molecule has 3 aliphatic rings. The van der Waals surface area contributed by atoms with Crippen molar-refractivity contribution in [3.8, 4) is 0 Å². The van der Waals surface area contributed by atoms with Crippen molar-refractivity contribution in [2.45, 2.75) is 58.0 Å². The van der Waals surface area contributed by atoms with Crippen LogP contribution in [0.25, 0.3) is 0 Å². The minimum absolute atomic E-state index is 0.0847. The average Bonchev–Trinajstić information content (AvgIpc) is 3.41. The molecule has 3 atom stereocenters. The molecule has 2 N–H and O–H groups in total. The molecule has 2 aromatic rings. The molecule has 5 rings (SSSR count). The summed E-state index contributed by atoms with van der Waals surface area (Å²) in [5.41, 5.74) is 1.16. The number of carbonyl (C=O) groups excluding carboxylic acids is 2. The molecule has 2 aromatic heterocycles. The molecule has 0 aromatic carbocycles. The summed E-state index contributed by atoms with van der Waals surface area (Å²) >= 11 is 0. The molecule has 2 saturated carbocycles. The van der Waals surface area contributed by atoms with Gasteiger partial charge in [0.2, 0.25) is 5.91 Å². The lowest BCUT2D eigenvalue weighted by Crippen LogP contribution is -2.54. The van der Waals surface area contributed by atoms with Crippen LogP contribution in [0.2, 0.25) is 0 Å². The Bertz CT molecular complexity index is 1060. The molecule has 0 radical (unpaired) electrons. The number of hydrogen-bond donors (Lipinski definition) is 2. The Kier molecular flexibility index (Phi) is 6.53. The maximum absolute atomic E-state index is 13.7. The van der Waals surface area contributed by atoms with Gasteiger partial charge in [-0.1, -0.05) is 26.2 Å². The van der Waals surface area contributed by atoms with Crippen LogP contribution >= 0.6 is 0 Å². The number of aromatic nitrogens is 3. The molecule has 9 nitrogen and oxygen atoms in total. The van der Waals surface area contributed by atoms with Crippen molar-refractivity contribution in [3.63, 3.8) is 0 Å². The second kappa shape index (κ2) is 9.60. The summed E-state index contributed by atoms with van der Waals surface area (Å²) in [6, 6.07) is 5.14. The topological polar surface area (TPSA) is 101 Å². The molecular formula is C26H36N6O3. The average molecular weight is 481 g/mol. The van der Waals surface area contributed by atoms with Crippen LogP contribution in [-0.4, -0.2) is 58.4 Å². The monoisotopic (exact) mass is 480 g/mol. The van der Waals surface area contributed by atoms with E-state index in [1.54, 1.807) is 25.5 Å². The molecule has 9 heteroatoms. The second-order valence-electron chi connectivity index (χ2n) is 10.7. The standard InChI is InChI=1S/C26H36N6O3/c1-17-16-35-14-13-32(17)21-8-7-19(15-27-21)29-25(34)23(30-24(33)20-9-12-28-31(20)3)22(18-5-4-6-18)26(2)10-11-26/h7-9,12,15,17-18,22-23H,4-6,10-11,13-14,16H2,1-3H3,(H,29,34)(H,30,33)/t17-,22?,23+/m1/s1. The highest BCUT2D eigenvalue weighted by atomic mass is 16.5. The third-order valence-electron chi connectivity index (χ3n) is 8.16. The van der Waals surface area contributed by atoms with Crippen molar-refractivity contribution in [3.05, 3.63) is 36.3 Å². The van der Waals surface area contributed by atoms with Crippen LogP contribution < -0.4 is 15.5 Å². The van der Waals surface area contributed by atoms with Crippen LogP contribution in [0.5, 0.6) is 0 Å². The van der Waals surface area contributed by atoms with E-state index in [1.807, 2.05) is 12.1 Å². The maximum Gasteiger partial charge on any atom is 0.270 e. The molecule has 3 heterocycles. The number of aryl methyl sites for hydroxylation is 1. The number of morpholine rings is 1. The molecule has 2 amide bonds. The predicted octanol–water partition coefficient (Wildman–Crippen LogP) is 2.99. The van der Waals surface area contributed by atoms with Crippen molar-refractivity contribution in [2.24, 2.45) is 24.3 Å². The van der Waals surface area contributed by atoms with Crippen molar-refractivity contribution in [1.82, 2.24) is 20.1 Å². The largest absolute Gasteiger partial charge is 0.377 e. The fraction of sp³-hybridized carbons (Fsp3) is 0.615. The zero-order valence-electron chi connectivity index (χ0n) is 20.9. The molecule has 1 unspecified atom stereocenters. The zero-order chi connectivity index (χ0) is 24.6. The number of nitrogens with zero attached hydrogens (tertiary/aromatic N) is 4. The smallest absolute Gasteiger partial charge is 0.270 e. The van der Waals surface area contributed by atoms with Crippen LogP contribution in [-0.2, 0) is 16.6 Å². The molecule has 35 heavy (non-hydrogen) atoms. The van der Waals surface area contributed by atoms with Gasteiger partial charge in [-0.2, -0.15) is 5.10 Å². The quantitative estimate of drug-likeness (QED) is 0.602. The van der Waals surface area contributed by atoms with E-state index in [2.05, 4.69) is 39.5 Å². The molecule has 188 valence electrons. The summed E-state index contributed by atoms with van der Waals surface area (Å²) in [4.78, 5) is 33.7. The Morgan fingerprint density at radius 2 is 2.03 bits per heavy atom. The summed E-state index contributed by atoms with van der Waals surface area (Å²) < 4.78 is 7.06. The van der Waals surface area contributed by atoms with Crippen LogP contribution in [0.15, 0.2) is 30.6 Å². The molecular weight excluding hydrogens is 444 g/mol. The van der Waals surface area contributed by atoms with E-state index in [1.165, 1.54) is 11.1 Å². The van der Waals surface area contributed by atoms with Gasteiger partial charge in [-0.25, -0.2) is 4.98 Å². The molecule has 1 saturated heterocycles. The third-order valence-corrected chi connectivity index (χ3v) is 8.16. The molecule has 1 aliphatic heterocycles. The predicted molar refractivity (Wildman–Crippen MR) is 133 cm³/mol. The maximum atomic E-state index is 13.7. The Morgan fingerprint density at radius 1 is 1.23 bits per heavy atom. The van der Waals surface area contributed by atoms with Gasteiger partial charge in [-0.15, -0.1) is 0 Å². The Labute approximate surface area is 206 Å². The van der Waals surface area contributed by atoms with Crippen LogP contribution in [0.4, 0.5) is 11.5 Å². The number of rotatable bonds is 8. The van der Waals surface area contributed by atoms with Crippen LogP contribution in [0.3, 0.4) is 0 Å². The molecule has 0 bridgehead atoms. The van der Waals surface area contributed by atoms with E-state index in [9.17, 15) is 9.59 Å². The summed E-state index contributed by atoms with van der Waals surface area (Å²) in [6.45, 7) is 6.53. The Balaban J connectivity index is 1.35. The third kappa shape index (κ3) is 4.91. The van der Waals surface area contributed by atoms with Gasteiger partial charge in [-0.05, 0) is 55.2 Å². The summed E-state index contributed by atoms with van der Waals surface area (Å²) in [6.07, 6.45) is 8.89. The first kappa shape index (κ1) is 23.8. The van der Waals surface area contributed by atoms with Gasteiger partial charge in [0, 0.05) is 19.8 Å². The fourth-order valence-corrected chi connectivity index (χ4v) is 5.62. The van der Waals surface area contributed by atoms with Crippen molar-refractivity contribution in [2.75, 3.05) is 30.0 Å². The van der Waals surface area contributed by atoms with Crippen molar-refractivity contribution < 1.29 is 14.3 Å². The minimum Gasteiger partial charge on any atom is -0.377 e. The Morgan fingerprint density at radius 3 is 2.60 bits per heavy atom. The lowest BCUT2D eigenvalue weighted by molar-refractivity contribution is -0.121. The summed E-state index contributed by atoms with van der Waals surface area (Å²) in [5, 5.41) is 10.3. The number of anilines is 2. The zero-order valence-corrected chi connectivity index (χ0v) is 20.9. The number of hydrogen-bond acceptors (Lipinski definition) is 6. The first-order valence-corrected chi connectivity index (χ1v) is 12.8. The van der Waals surface area contributed by atoms with E-state index >= 15 is 0 Å². The summed E-state index contributed by atoms with van der Waals surface area (Å²) in [7, 11) is 1.73. The molecule has 0 spiro atoms. The molecule has 2 aliphatic carbocycles. The molecule has 3 fully saturated rings. The van der Waals surface area contributed by atoms with E-state index in [-0.39, 0.29) is 29.2 Å².